The van der Waals surface area contributed by atoms with Crippen LogP contribution in [0.15, 0.2) is 66.7 Å². The fraction of sp³-hybridized carbons (Fsp3) is 0.0526. The number of anilines is 1. The van der Waals surface area contributed by atoms with Crippen LogP contribution in [0, 0.1) is 0 Å². The Kier molecular flexibility index (Phi) is 2.51. The molecule has 21 heavy (non-hydrogen) atoms. The molecule has 0 radical (unpaired) electrons. The van der Waals surface area contributed by atoms with Gasteiger partial charge in [-0.2, -0.15) is 0 Å². The molecule has 0 amide bonds. The summed E-state index contributed by atoms with van der Waals surface area (Å²) < 4.78 is 0. The number of aromatic hydroxyl groups is 1. The van der Waals surface area contributed by atoms with Gasteiger partial charge in [-0.1, -0.05) is 54.6 Å². The predicted octanol–water partition coefficient (Wildman–Crippen LogP) is 4.14. The summed E-state index contributed by atoms with van der Waals surface area (Å²) in [5.74, 6) is 0.318. The van der Waals surface area contributed by atoms with Crippen molar-refractivity contribution in [3.63, 3.8) is 0 Å². The van der Waals surface area contributed by atoms with Crippen molar-refractivity contribution in [2.75, 3.05) is 5.73 Å². The van der Waals surface area contributed by atoms with E-state index in [2.05, 4.69) is 48.5 Å². The van der Waals surface area contributed by atoms with E-state index in [9.17, 15) is 5.11 Å². The van der Waals surface area contributed by atoms with E-state index in [-0.39, 0.29) is 11.7 Å². The van der Waals surface area contributed by atoms with E-state index in [1.54, 1.807) is 6.07 Å². The Bertz CT molecular complexity index is 793. The first-order valence-electron chi connectivity index (χ1n) is 7.02. The van der Waals surface area contributed by atoms with E-state index < -0.39 is 0 Å². The van der Waals surface area contributed by atoms with Crippen molar-refractivity contribution >= 4 is 5.69 Å². The van der Waals surface area contributed by atoms with Gasteiger partial charge < -0.3 is 10.8 Å². The number of fused-ring (bicyclic) bond motifs is 3. The molecule has 0 fully saturated rings. The molecule has 3 N–H and O–H groups in total. The Morgan fingerprint density at radius 1 is 0.762 bits per heavy atom. The molecule has 0 bridgehead atoms. The molecule has 0 spiro atoms. The fourth-order valence-corrected chi connectivity index (χ4v) is 3.27. The van der Waals surface area contributed by atoms with E-state index in [0.717, 1.165) is 5.56 Å². The lowest BCUT2D eigenvalue weighted by molar-refractivity contribution is 0.477. The first kappa shape index (κ1) is 12.0. The van der Waals surface area contributed by atoms with Crippen molar-refractivity contribution in [3.05, 3.63) is 83.4 Å². The maximum absolute atomic E-state index is 9.65. The van der Waals surface area contributed by atoms with Crippen LogP contribution in [0.3, 0.4) is 0 Å². The summed E-state index contributed by atoms with van der Waals surface area (Å²) in [6.45, 7) is 0. The van der Waals surface area contributed by atoms with Crippen LogP contribution in [-0.4, -0.2) is 5.11 Å². The lowest BCUT2D eigenvalue weighted by atomic mass is 9.89. The van der Waals surface area contributed by atoms with Gasteiger partial charge in [-0.05, 0) is 39.9 Å². The van der Waals surface area contributed by atoms with Crippen LogP contribution in [0.25, 0.3) is 11.1 Å². The maximum atomic E-state index is 9.65. The standard InChI is InChI=1S/C19H15NO/c20-17-11-12(9-10-18(17)21)19-15-7-3-1-5-13(15)14-6-2-4-8-16(14)19/h1-11,19,21H,20H2. The molecule has 2 nitrogen and oxygen atoms in total. The largest absolute Gasteiger partial charge is 0.506 e. The molecule has 0 aromatic heterocycles. The fourth-order valence-electron chi connectivity index (χ4n) is 3.27. The van der Waals surface area contributed by atoms with E-state index in [1.807, 2.05) is 12.1 Å². The molecule has 3 aromatic rings. The van der Waals surface area contributed by atoms with Crippen LogP contribution in [0.4, 0.5) is 5.69 Å². The summed E-state index contributed by atoms with van der Waals surface area (Å²) in [6.07, 6.45) is 0. The van der Waals surface area contributed by atoms with Gasteiger partial charge in [-0.25, -0.2) is 0 Å². The zero-order valence-electron chi connectivity index (χ0n) is 11.5. The summed E-state index contributed by atoms with van der Waals surface area (Å²) in [5.41, 5.74) is 12.6. The molecule has 1 aliphatic rings. The minimum absolute atomic E-state index is 0.137. The number of phenols is 1. The summed E-state index contributed by atoms with van der Waals surface area (Å²) in [4.78, 5) is 0. The van der Waals surface area contributed by atoms with Gasteiger partial charge in [0.05, 0.1) is 5.69 Å². The topological polar surface area (TPSA) is 46.2 Å². The van der Waals surface area contributed by atoms with E-state index in [1.165, 1.54) is 22.3 Å². The first-order valence-corrected chi connectivity index (χ1v) is 7.02. The Labute approximate surface area is 123 Å². The summed E-state index contributed by atoms with van der Waals surface area (Å²) >= 11 is 0. The second kappa shape index (κ2) is 4.38. The van der Waals surface area contributed by atoms with Crippen LogP contribution in [0.2, 0.25) is 0 Å². The molecule has 0 saturated heterocycles. The lowest BCUT2D eigenvalue weighted by Crippen LogP contribution is -2.00. The number of nitrogens with two attached hydrogens (primary N) is 1. The highest BCUT2D eigenvalue weighted by Crippen LogP contribution is 2.48. The number of benzene rings is 3. The van der Waals surface area contributed by atoms with Crippen molar-refractivity contribution in [2.45, 2.75) is 5.92 Å². The Hall–Kier alpha value is -2.74. The van der Waals surface area contributed by atoms with E-state index in [4.69, 9.17) is 5.73 Å². The minimum Gasteiger partial charge on any atom is -0.506 e. The molecule has 2 heteroatoms. The van der Waals surface area contributed by atoms with Crippen molar-refractivity contribution in [1.29, 1.82) is 0 Å². The molecule has 0 unspecified atom stereocenters. The highest BCUT2D eigenvalue weighted by atomic mass is 16.3. The minimum atomic E-state index is 0.137. The van der Waals surface area contributed by atoms with E-state index >= 15 is 0 Å². The molecule has 102 valence electrons. The third kappa shape index (κ3) is 1.73. The molecule has 0 atom stereocenters. The highest BCUT2D eigenvalue weighted by molar-refractivity contribution is 5.80. The normalized spacial score (nSPS) is 13.0. The molecule has 1 aliphatic carbocycles. The molecule has 4 rings (SSSR count). The predicted molar refractivity (Wildman–Crippen MR) is 85.3 cm³/mol. The number of hydrogen-bond donors (Lipinski definition) is 2. The number of phenolic OH excluding ortho intramolecular Hbond substituents is 1. The monoisotopic (exact) mass is 273 g/mol. The Morgan fingerprint density at radius 2 is 1.33 bits per heavy atom. The van der Waals surface area contributed by atoms with Gasteiger partial charge in [0.1, 0.15) is 5.75 Å². The van der Waals surface area contributed by atoms with Crippen molar-refractivity contribution < 1.29 is 5.11 Å². The van der Waals surface area contributed by atoms with Crippen molar-refractivity contribution in [1.82, 2.24) is 0 Å². The average molecular weight is 273 g/mol. The number of hydrogen-bond acceptors (Lipinski definition) is 2. The molecule has 3 aromatic carbocycles. The first-order chi connectivity index (χ1) is 10.3. The van der Waals surface area contributed by atoms with Gasteiger partial charge >= 0.3 is 0 Å². The van der Waals surface area contributed by atoms with Crippen LogP contribution in [0.1, 0.15) is 22.6 Å². The third-order valence-corrected chi connectivity index (χ3v) is 4.22. The van der Waals surface area contributed by atoms with E-state index in [0.29, 0.717) is 5.69 Å². The Morgan fingerprint density at radius 3 is 1.90 bits per heavy atom. The number of nitrogen functional groups attached to an aromatic ring is 1. The Balaban J connectivity index is 1.98. The van der Waals surface area contributed by atoms with Gasteiger partial charge in [-0.15, -0.1) is 0 Å². The molecular formula is C19H15NO. The van der Waals surface area contributed by atoms with Crippen molar-refractivity contribution in [3.8, 4) is 16.9 Å². The second-order valence-electron chi connectivity index (χ2n) is 5.43. The molecule has 0 saturated carbocycles. The van der Waals surface area contributed by atoms with Crippen LogP contribution in [-0.2, 0) is 0 Å². The lowest BCUT2D eigenvalue weighted by Gasteiger charge is -2.15. The van der Waals surface area contributed by atoms with Gasteiger partial charge in [0.15, 0.2) is 0 Å². The summed E-state index contributed by atoms with van der Waals surface area (Å²) in [5, 5.41) is 9.65. The smallest absolute Gasteiger partial charge is 0.138 e. The van der Waals surface area contributed by atoms with Gasteiger partial charge in [0, 0.05) is 5.92 Å². The molecule has 0 aliphatic heterocycles. The van der Waals surface area contributed by atoms with Crippen LogP contribution < -0.4 is 5.73 Å². The van der Waals surface area contributed by atoms with Gasteiger partial charge in [0.2, 0.25) is 0 Å². The number of rotatable bonds is 1. The second-order valence-corrected chi connectivity index (χ2v) is 5.43. The van der Waals surface area contributed by atoms with Gasteiger partial charge in [-0.3, -0.25) is 0 Å². The highest BCUT2D eigenvalue weighted by Gasteiger charge is 2.29. The summed E-state index contributed by atoms with van der Waals surface area (Å²) in [7, 11) is 0. The average Bonchev–Trinajstić information content (AvgIpc) is 2.85. The molecule has 0 heterocycles. The van der Waals surface area contributed by atoms with Crippen LogP contribution >= 0.6 is 0 Å². The maximum Gasteiger partial charge on any atom is 0.138 e. The van der Waals surface area contributed by atoms with Crippen LogP contribution in [0.5, 0.6) is 5.75 Å². The summed E-state index contributed by atoms with van der Waals surface area (Å²) in [6, 6.07) is 22.5. The SMILES string of the molecule is Nc1cc(C2c3ccccc3-c3ccccc32)ccc1O. The van der Waals surface area contributed by atoms with Crippen molar-refractivity contribution in [2.24, 2.45) is 0 Å². The molecular weight excluding hydrogens is 258 g/mol. The zero-order chi connectivity index (χ0) is 14.4. The third-order valence-electron chi connectivity index (χ3n) is 4.22. The quantitative estimate of drug-likeness (QED) is 0.404. The van der Waals surface area contributed by atoms with Gasteiger partial charge in [0.25, 0.3) is 0 Å². The zero-order valence-corrected chi connectivity index (χ0v) is 11.5.